The second-order valence-electron chi connectivity index (χ2n) is 4.33. The van der Waals surface area contributed by atoms with Gasteiger partial charge in [-0.15, -0.1) is 0 Å². The van der Waals surface area contributed by atoms with Crippen molar-refractivity contribution in [2.24, 2.45) is 0 Å². The third kappa shape index (κ3) is 2.45. The van der Waals surface area contributed by atoms with E-state index in [1.165, 1.54) is 10.7 Å². The van der Waals surface area contributed by atoms with Crippen LogP contribution in [0.15, 0.2) is 16.6 Å². The molecule has 0 spiro atoms. The SMILES string of the molecule is Cc1nn(Cc2c(F)ccc(Br)c2F)c(C)c1C(=O)O. The Balaban J connectivity index is 2.49. The van der Waals surface area contributed by atoms with Gasteiger partial charge in [0.25, 0.3) is 0 Å². The third-order valence-corrected chi connectivity index (χ3v) is 3.65. The molecule has 4 nitrogen and oxygen atoms in total. The summed E-state index contributed by atoms with van der Waals surface area (Å²) in [5.41, 5.74) is 0.558. The Morgan fingerprint density at radius 2 is 2.05 bits per heavy atom. The first kappa shape index (κ1) is 14.6. The molecule has 7 heteroatoms. The van der Waals surface area contributed by atoms with Crippen molar-refractivity contribution >= 4 is 21.9 Å². The molecule has 0 unspecified atom stereocenters. The minimum Gasteiger partial charge on any atom is -0.478 e. The van der Waals surface area contributed by atoms with Crippen LogP contribution in [0.2, 0.25) is 0 Å². The summed E-state index contributed by atoms with van der Waals surface area (Å²) in [6.07, 6.45) is 0. The minimum absolute atomic E-state index is 0.0563. The fourth-order valence-corrected chi connectivity index (χ4v) is 2.40. The van der Waals surface area contributed by atoms with Gasteiger partial charge in [-0.25, -0.2) is 13.6 Å². The van der Waals surface area contributed by atoms with E-state index in [2.05, 4.69) is 21.0 Å². The van der Waals surface area contributed by atoms with E-state index in [0.717, 1.165) is 6.07 Å². The van der Waals surface area contributed by atoms with Gasteiger partial charge in [-0.05, 0) is 41.9 Å². The van der Waals surface area contributed by atoms with Crippen molar-refractivity contribution < 1.29 is 18.7 Å². The number of carboxylic acid groups (broad SMARTS) is 1. The fraction of sp³-hybridized carbons (Fsp3) is 0.231. The van der Waals surface area contributed by atoms with Crippen LogP contribution >= 0.6 is 15.9 Å². The Hall–Kier alpha value is -1.76. The number of rotatable bonds is 3. The first-order valence-electron chi connectivity index (χ1n) is 5.72. The number of hydrogen-bond acceptors (Lipinski definition) is 2. The van der Waals surface area contributed by atoms with Crippen LogP contribution < -0.4 is 0 Å². The summed E-state index contributed by atoms with van der Waals surface area (Å²) in [7, 11) is 0. The highest BCUT2D eigenvalue weighted by Gasteiger charge is 2.20. The predicted octanol–water partition coefficient (Wildman–Crippen LogP) is 3.29. The van der Waals surface area contributed by atoms with Crippen molar-refractivity contribution in [2.75, 3.05) is 0 Å². The third-order valence-electron chi connectivity index (χ3n) is 3.04. The number of carbonyl (C=O) groups is 1. The molecule has 1 N–H and O–H groups in total. The zero-order valence-corrected chi connectivity index (χ0v) is 12.3. The van der Waals surface area contributed by atoms with E-state index in [-0.39, 0.29) is 22.1 Å². The molecule has 1 aromatic heterocycles. The quantitative estimate of drug-likeness (QED) is 0.869. The summed E-state index contributed by atoms with van der Waals surface area (Å²) in [5.74, 6) is -2.52. The van der Waals surface area contributed by atoms with E-state index in [1.807, 2.05) is 0 Å². The van der Waals surface area contributed by atoms with Gasteiger partial charge < -0.3 is 5.11 Å². The molecule has 0 radical (unpaired) electrons. The number of aromatic nitrogens is 2. The first-order chi connectivity index (χ1) is 9.32. The normalized spacial score (nSPS) is 10.8. The Bertz CT molecular complexity index is 698. The van der Waals surface area contributed by atoms with Crippen molar-refractivity contribution in [3.8, 4) is 0 Å². The van der Waals surface area contributed by atoms with Crippen molar-refractivity contribution in [2.45, 2.75) is 20.4 Å². The van der Waals surface area contributed by atoms with E-state index < -0.39 is 17.6 Å². The van der Waals surface area contributed by atoms with Crippen LogP contribution in [0.1, 0.15) is 27.3 Å². The molecule has 2 rings (SSSR count). The highest BCUT2D eigenvalue weighted by Crippen LogP contribution is 2.23. The van der Waals surface area contributed by atoms with E-state index in [4.69, 9.17) is 5.11 Å². The van der Waals surface area contributed by atoms with Crippen molar-refractivity contribution in [3.05, 3.63) is 50.8 Å². The second-order valence-corrected chi connectivity index (χ2v) is 5.18. The molecule has 0 atom stereocenters. The van der Waals surface area contributed by atoms with Gasteiger partial charge in [0.1, 0.15) is 17.2 Å². The Labute approximate surface area is 122 Å². The molecule has 0 saturated heterocycles. The molecule has 0 amide bonds. The van der Waals surface area contributed by atoms with E-state index in [0.29, 0.717) is 11.4 Å². The average Bonchev–Trinajstić information content (AvgIpc) is 2.64. The van der Waals surface area contributed by atoms with Gasteiger partial charge >= 0.3 is 5.97 Å². The summed E-state index contributed by atoms with van der Waals surface area (Å²) in [5, 5.41) is 13.1. The summed E-state index contributed by atoms with van der Waals surface area (Å²) in [6.45, 7) is 2.93. The maximum atomic E-state index is 13.9. The van der Waals surface area contributed by atoms with Crippen LogP contribution in [0, 0.1) is 25.5 Å². The lowest BCUT2D eigenvalue weighted by atomic mass is 10.2. The molecule has 0 saturated carbocycles. The summed E-state index contributed by atoms with van der Waals surface area (Å²) < 4.78 is 29.0. The van der Waals surface area contributed by atoms with E-state index in [1.54, 1.807) is 13.8 Å². The van der Waals surface area contributed by atoms with Crippen molar-refractivity contribution in [1.82, 2.24) is 9.78 Å². The van der Waals surface area contributed by atoms with Gasteiger partial charge in [-0.1, -0.05) is 0 Å². The summed E-state index contributed by atoms with van der Waals surface area (Å²) in [6, 6.07) is 2.42. The number of benzene rings is 1. The topological polar surface area (TPSA) is 55.1 Å². The maximum Gasteiger partial charge on any atom is 0.339 e. The number of halogens is 3. The van der Waals surface area contributed by atoms with Gasteiger partial charge in [0, 0.05) is 5.56 Å². The molecule has 0 bridgehead atoms. The Morgan fingerprint density at radius 3 is 2.60 bits per heavy atom. The smallest absolute Gasteiger partial charge is 0.339 e. The Kier molecular flexibility index (Phi) is 3.89. The molecular formula is C13H11BrF2N2O2. The number of nitrogens with zero attached hydrogens (tertiary/aromatic N) is 2. The lowest BCUT2D eigenvalue weighted by Gasteiger charge is -2.08. The minimum atomic E-state index is -1.11. The summed E-state index contributed by atoms with van der Waals surface area (Å²) in [4.78, 5) is 11.1. The number of aryl methyl sites for hydroxylation is 1. The molecule has 1 heterocycles. The van der Waals surface area contributed by atoms with Gasteiger partial charge in [-0.2, -0.15) is 5.10 Å². The van der Waals surface area contributed by atoms with Crippen LogP contribution in [0.4, 0.5) is 8.78 Å². The number of hydrogen-bond donors (Lipinski definition) is 1. The van der Waals surface area contributed by atoms with Crippen LogP contribution in [0.5, 0.6) is 0 Å². The van der Waals surface area contributed by atoms with Crippen LogP contribution in [-0.4, -0.2) is 20.9 Å². The summed E-state index contributed by atoms with van der Waals surface area (Å²) >= 11 is 2.99. The monoisotopic (exact) mass is 344 g/mol. The van der Waals surface area contributed by atoms with Crippen LogP contribution in [-0.2, 0) is 6.54 Å². The van der Waals surface area contributed by atoms with Crippen LogP contribution in [0.3, 0.4) is 0 Å². The highest BCUT2D eigenvalue weighted by molar-refractivity contribution is 9.10. The van der Waals surface area contributed by atoms with Gasteiger partial charge in [0.2, 0.25) is 0 Å². The molecule has 20 heavy (non-hydrogen) atoms. The molecule has 106 valence electrons. The zero-order valence-electron chi connectivity index (χ0n) is 10.7. The van der Waals surface area contributed by atoms with Crippen molar-refractivity contribution in [1.29, 1.82) is 0 Å². The van der Waals surface area contributed by atoms with E-state index >= 15 is 0 Å². The van der Waals surface area contributed by atoms with E-state index in [9.17, 15) is 13.6 Å². The average molecular weight is 345 g/mol. The number of carboxylic acids is 1. The molecule has 0 fully saturated rings. The number of aromatic carboxylic acids is 1. The van der Waals surface area contributed by atoms with Gasteiger partial charge in [0.15, 0.2) is 0 Å². The van der Waals surface area contributed by atoms with Gasteiger partial charge in [0.05, 0.1) is 22.4 Å². The van der Waals surface area contributed by atoms with Gasteiger partial charge in [-0.3, -0.25) is 4.68 Å². The highest BCUT2D eigenvalue weighted by atomic mass is 79.9. The molecule has 1 aromatic carbocycles. The fourth-order valence-electron chi connectivity index (χ4n) is 2.02. The molecule has 2 aromatic rings. The lowest BCUT2D eigenvalue weighted by molar-refractivity contribution is 0.0695. The first-order valence-corrected chi connectivity index (χ1v) is 6.52. The second kappa shape index (κ2) is 5.32. The lowest BCUT2D eigenvalue weighted by Crippen LogP contribution is -2.09. The molecule has 0 aliphatic carbocycles. The zero-order chi connectivity index (χ0) is 15.0. The standard InChI is InChI=1S/C13H11BrF2N2O2/c1-6-11(13(19)20)7(2)18(17-6)5-8-10(15)4-3-9(14)12(8)16/h3-4H,5H2,1-2H3,(H,19,20). The van der Waals surface area contributed by atoms with Crippen molar-refractivity contribution in [3.63, 3.8) is 0 Å². The largest absolute Gasteiger partial charge is 0.478 e. The maximum absolute atomic E-state index is 13.9. The molecule has 0 aliphatic rings. The Morgan fingerprint density at radius 1 is 1.40 bits per heavy atom. The molecular weight excluding hydrogens is 334 g/mol. The molecule has 0 aliphatic heterocycles. The predicted molar refractivity (Wildman–Crippen MR) is 71.8 cm³/mol. The van der Waals surface area contributed by atoms with Crippen LogP contribution in [0.25, 0.3) is 0 Å².